The molecule has 0 amide bonds. The maximum absolute atomic E-state index is 9.60. The molecule has 0 radical (unpaired) electrons. The Kier molecular flexibility index (Phi) is 9.51. The van der Waals surface area contributed by atoms with Gasteiger partial charge < -0.3 is 5.11 Å². The summed E-state index contributed by atoms with van der Waals surface area (Å²) in [4.78, 5) is 9.60. The van der Waals surface area contributed by atoms with Gasteiger partial charge in [0.05, 0.1) is 0 Å². The van der Waals surface area contributed by atoms with Gasteiger partial charge in [0.25, 0.3) is 0 Å². The van der Waals surface area contributed by atoms with Crippen molar-refractivity contribution in [3.8, 4) is 0 Å². The summed E-state index contributed by atoms with van der Waals surface area (Å²) in [7, 11) is 0. The SMILES string of the molecule is CCCC(=O)O.[Hg]. The van der Waals surface area contributed by atoms with Gasteiger partial charge in [-0.25, -0.2) is 0 Å². The summed E-state index contributed by atoms with van der Waals surface area (Å²) in [5.41, 5.74) is 0. The molecule has 3 heteroatoms. The van der Waals surface area contributed by atoms with Crippen LogP contribution in [-0.4, -0.2) is 11.1 Å². The third kappa shape index (κ3) is 10.7. The summed E-state index contributed by atoms with van der Waals surface area (Å²) < 4.78 is 0. The molecule has 0 saturated heterocycles. The van der Waals surface area contributed by atoms with Gasteiger partial charge in [0.1, 0.15) is 0 Å². The monoisotopic (exact) mass is 290 g/mol. The Hall–Kier alpha value is 0.405. The van der Waals surface area contributed by atoms with E-state index in [1.165, 1.54) is 0 Å². The average Bonchev–Trinajstić information content (AvgIpc) is 1.35. The van der Waals surface area contributed by atoms with Crippen molar-refractivity contribution in [3.05, 3.63) is 0 Å². The molecule has 0 aliphatic rings. The fourth-order valence-corrected chi connectivity index (χ4v) is 0.214. The standard InChI is InChI=1S/C4H8O2.Hg/c1-2-3-4(5)6;/h2-3H2,1H3,(H,5,6);. The van der Waals surface area contributed by atoms with Crippen molar-refractivity contribution in [2.45, 2.75) is 19.8 Å². The first kappa shape index (κ1) is 10.4. The summed E-state index contributed by atoms with van der Waals surface area (Å²) >= 11 is 0. The molecule has 0 aromatic carbocycles. The van der Waals surface area contributed by atoms with Gasteiger partial charge in [-0.05, 0) is 6.42 Å². The molecule has 0 aliphatic heterocycles. The minimum Gasteiger partial charge on any atom is -0.481 e. The molecule has 0 rings (SSSR count). The van der Waals surface area contributed by atoms with Crippen molar-refractivity contribution in [2.75, 3.05) is 0 Å². The van der Waals surface area contributed by atoms with E-state index in [9.17, 15) is 4.79 Å². The molecule has 0 heterocycles. The van der Waals surface area contributed by atoms with Gasteiger partial charge in [-0.3, -0.25) is 4.79 Å². The largest absolute Gasteiger partial charge is 0.481 e. The number of hydrogen-bond donors (Lipinski definition) is 1. The van der Waals surface area contributed by atoms with E-state index < -0.39 is 5.97 Å². The molecular weight excluding hydrogens is 281 g/mol. The predicted molar refractivity (Wildman–Crippen MR) is 22.5 cm³/mol. The predicted octanol–water partition coefficient (Wildman–Crippen LogP) is 0.869. The molecule has 0 saturated carbocycles. The third-order valence-corrected chi connectivity index (χ3v) is 0.464. The Bertz CT molecular complexity index is 53.7. The number of rotatable bonds is 2. The number of carbonyl (C=O) groups is 1. The van der Waals surface area contributed by atoms with Crippen LogP contribution >= 0.6 is 0 Å². The molecule has 0 atom stereocenters. The van der Waals surface area contributed by atoms with Gasteiger partial charge in [0.2, 0.25) is 0 Å². The van der Waals surface area contributed by atoms with E-state index in [0.717, 1.165) is 6.42 Å². The van der Waals surface area contributed by atoms with Gasteiger partial charge in [0.15, 0.2) is 0 Å². The van der Waals surface area contributed by atoms with Crippen LogP contribution in [0.25, 0.3) is 0 Å². The molecule has 0 bridgehead atoms. The van der Waals surface area contributed by atoms with Crippen molar-refractivity contribution >= 4 is 5.97 Å². The second-order valence-corrected chi connectivity index (χ2v) is 1.14. The molecule has 7 heavy (non-hydrogen) atoms. The summed E-state index contributed by atoms with van der Waals surface area (Å²) in [6.07, 6.45) is 1.02. The first-order chi connectivity index (χ1) is 2.77. The fourth-order valence-electron chi connectivity index (χ4n) is 0.214. The summed E-state index contributed by atoms with van der Waals surface area (Å²) in [6, 6.07) is 0. The first-order valence-corrected chi connectivity index (χ1v) is 1.99. The van der Waals surface area contributed by atoms with E-state index in [1.807, 2.05) is 6.92 Å². The second kappa shape index (κ2) is 6.41. The topological polar surface area (TPSA) is 37.3 Å². The maximum Gasteiger partial charge on any atom is 0.303 e. The molecule has 0 unspecified atom stereocenters. The molecule has 2 nitrogen and oxygen atoms in total. The van der Waals surface area contributed by atoms with Crippen molar-refractivity contribution in [2.24, 2.45) is 0 Å². The molecule has 38 valence electrons. The van der Waals surface area contributed by atoms with Gasteiger partial charge >= 0.3 is 5.97 Å². The van der Waals surface area contributed by atoms with Crippen LogP contribution in [0, 0.1) is 0 Å². The number of carboxylic acid groups (broad SMARTS) is 1. The molecular formula is C4H8HgO2. The summed E-state index contributed by atoms with van der Waals surface area (Å²) in [6.45, 7) is 1.84. The maximum atomic E-state index is 9.60. The van der Waals surface area contributed by atoms with Gasteiger partial charge in [-0.2, -0.15) is 0 Å². The number of aliphatic carboxylic acids is 1. The van der Waals surface area contributed by atoms with Crippen molar-refractivity contribution in [1.29, 1.82) is 0 Å². The van der Waals surface area contributed by atoms with Crippen LogP contribution in [0.5, 0.6) is 0 Å². The molecule has 0 spiro atoms. The Morgan fingerprint density at radius 3 is 2.14 bits per heavy atom. The van der Waals surface area contributed by atoms with E-state index in [2.05, 4.69) is 0 Å². The van der Waals surface area contributed by atoms with Crippen LogP contribution in [0.3, 0.4) is 0 Å². The Labute approximate surface area is 63.4 Å². The van der Waals surface area contributed by atoms with Crippen molar-refractivity contribution in [1.82, 2.24) is 0 Å². The third-order valence-electron chi connectivity index (χ3n) is 0.464. The van der Waals surface area contributed by atoms with Crippen LogP contribution in [0.2, 0.25) is 0 Å². The van der Waals surface area contributed by atoms with E-state index in [0.29, 0.717) is 6.42 Å². The molecule has 0 aromatic heterocycles. The van der Waals surface area contributed by atoms with Crippen LogP contribution in [0.1, 0.15) is 19.8 Å². The van der Waals surface area contributed by atoms with E-state index in [4.69, 9.17) is 5.11 Å². The minimum atomic E-state index is -0.711. The summed E-state index contributed by atoms with van der Waals surface area (Å²) in [5, 5.41) is 7.91. The van der Waals surface area contributed by atoms with Crippen LogP contribution < -0.4 is 0 Å². The smallest absolute Gasteiger partial charge is 0.303 e. The molecule has 0 aliphatic carbocycles. The van der Waals surface area contributed by atoms with Crippen LogP contribution in [0.15, 0.2) is 0 Å². The van der Waals surface area contributed by atoms with Gasteiger partial charge in [-0.15, -0.1) is 0 Å². The van der Waals surface area contributed by atoms with Crippen molar-refractivity contribution < 1.29 is 37.6 Å². The average molecular weight is 289 g/mol. The first-order valence-electron chi connectivity index (χ1n) is 1.99. The number of carboxylic acids is 1. The zero-order valence-corrected chi connectivity index (χ0v) is 9.97. The van der Waals surface area contributed by atoms with Crippen molar-refractivity contribution in [3.63, 3.8) is 0 Å². The Morgan fingerprint density at radius 2 is 2.14 bits per heavy atom. The Morgan fingerprint density at radius 1 is 1.71 bits per heavy atom. The number of hydrogen-bond acceptors (Lipinski definition) is 1. The summed E-state index contributed by atoms with van der Waals surface area (Å²) in [5.74, 6) is -0.711. The second-order valence-electron chi connectivity index (χ2n) is 1.14. The molecule has 1 N–H and O–H groups in total. The van der Waals surface area contributed by atoms with Gasteiger partial charge in [-0.1, -0.05) is 6.92 Å². The van der Waals surface area contributed by atoms with Crippen LogP contribution in [0.4, 0.5) is 0 Å². The minimum absolute atomic E-state index is 0. The normalized spacial score (nSPS) is 7.00. The zero-order valence-electron chi connectivity index (χ0n) is 4.48. The Balaban J connectivity index is 0. The van der Waals surface area contributed by atoms with Crippen LogP contribution in [-0.2, 0) is 32.5 Å². The molecule has 0 fully saturated rings. The quantitative estimate of drug-likeness (QED) is 0.766. The zero-order chi connectivity index (χ0) is 4.99. The fraction of sp³-hybridized carbons (Fsp3) is 0.750. The van der Waals surface area contributed by atoms with E-state index >= 15 is 0 Å². The van der Waals surface area contributed by atoms with Gasteiger partial charge in [0, 0.05) is 34.1 Å². The van der Waals surface area contributed by atoms with E-state index in [-0.39, 0.29) is 27.7 Å². The van der Waals surface area contributed by atoms with E-state index in [1.54, 1.807) is 0 Å². The molecule has 0 aromatic rings.